The van der Waals surface area contributed by atoms with Gasteiger partial charge in [-0.05, 0) is 60.4 Å². The lowest BCUT2D eigenvalue weighted by atomic mass is 9.86. The standard InChI is InChI=1S/C29H27N3O2S/c1-20-8-11-24(14-21(20)2)31-18-32-28(33)15-26(27(16-30)29(32)35-19-31)23-9-12-25(13-10-23)34-17-22-6-4-3-5-7-22/h3-14,26H,15,17-19H2,1-2H3/t26-/m1/s1. The minimum atomic E-state index is -0.234. The van der Waals surface area contributed by atoms with Crippen LogP contribution in [0.5, 0.6) is 5.75 Å². The summed E-state index contributed by atoms with van der Waals surface area (Å²) in [6, 6.07) is 26.6. The molecule has 6 heteroatoms. The predicted molar refractivity (Wildman–Crippen MR) is 140 cm³/mol. The number of ether oxygens (including phenoxy) is 1. The number of fused-ring (bicyclic) bond motifs is 1. The van der Waals surface area contributed by atoms with Gasteiger partial charge < -0.3 is 9.64 Å². The van der Waals surface area contributed by atoms with E-state index in [2.05, 4.69) is 43.0 Å². The quantitative estimate of drug-likeness (QED) is 0.441. The zero-order chi connectivity index (χ0) is 24.4. The smallest absolute Gasteiger partial charge is 0.229 e. The van der Waals surface area contributed by atoms with Gasteiger partial charge in [-0.1, -0.05) is 60.3 Å². The molecule has 0 saturated carbocycles. The van der Waals surface area contributed by atoms with Crippen molar-refractivity contribution in [3.63, 3.8) is 0 Å². The molecule has 1 fully saturated rings. The summed E-state index contributed by atoms with van der Waals surface area (Å²) in [4.78, 5) is 17.2. The Balaban J connectivity index is 1.33. The third kappa shape index (κ3) is 4.78. The molecule has 176 valence electrons. The summed E-state index contributed by atoms with van der Waals surface area (Å²) in [5, 5.41) is 10.9. The molecule has 0 N–H and O–H groups in total. The van der Waals surface area contributed by atoms with Crippen molar-refractivity contribution in [1.29, 1.82) is 5.26 Å². The molecule has 0 radical (unpaired) electrons. The van der Waals surface area contributed by atoms with Crippen LogP contribution in [-0.4, -0.2) is 23.4 Å². The van der Waals surface area contributed by atoms with Gasteiger partial charge in [0.2, 0.25) is 5.91 Å². The number of nitriles is 1. The Morgan fingerprint density at radius 2 is 1.80 bits per heavy atom. The van der Waals surface area contributed by atoms with Crippen LogP contribution in [0, 0.1) is 25.2 Å². The zero-order valence-corrected chi connectivity index (χ0v) is 20.7. The molecule has 35 heavy (non-hydrogen) atoms. The number of nitrogens with zero attached hydrogens (tertiary/aromatic N) is 3. The second-order valence-electron chi connectivity index (χ2n) is 8.98. The summed E-state index contributed by atoms with van der Waals surface area (Å²) in [6.45, 7) is 5.16. The molecule has 1 atom stereocenters. The molecule has 5 nitrogen and oxygen atoms in total. The fourth-order valence-corrected chi connectivity index (χ4v) is 5.64. The van der Waals surface area contributed by atoms with E-state index in [0.29, 0.717) is 24.7 Å². The molecule has 0 unspecified atom stereocenters. The molecule has 0 spiro atoms. The summed E-state index contributed by atoms with van der Waals surface area (Å²) < 4.78 is 5.90. The van der Waals surface area contributed by atoms with Crippen LogP contribution in [0.2, 0.25) is 0 Å². The van der Waals surface area contributed by atoms with Crippen molar-refractivity contribution in [2.45, 2.75) is 32.8 Å². The van der Waals surface area contributed by atoms with Gasteiger partial charge in [-0.15, -0.1) is 0 Å². The van der Waals surface area contributed by atoms with E-state index in [4.69, 9.17) is 4.74 Å². The Hall–Kier alpha value is -3.69. The first-order valence-corrected chi connectivity index (χ1v) is 12.7. The largest absolute Gasteiger partial charge is 0.489 e. The van der Waals surface area contributed by atoms with E-state index in [1.165, 1.54) is 11.1 Å². The predicted octanol–water partition coefficient (Wildman–Crippen LogP) is 6.10. The molecule has 2 aliphatic heterocycles. The van der Waals surface area contributed by atoms with Gasteiger partial charge in [0, 0.05) is 18.0 Å². The summed E-state index contributed by atoms with van der Waals surface area (Å²) in [6.07, 6.45) is 0.290. The highest BCUT2D eigenvalue weighted by Gasteiger charge is 2.38. The van der Waals surface area contributed by atoms with Crippen molar-refractivity contribution in [2.24, 2.45) is 0 Å². The van der Waals surface area contributed by atoms with Crippen molar-refractivity contribution < 1.29 is 9.53 Å². The van der Waals surface area contributed by atoms with E-state index in [1.807, 2.05) is 54.6 Å². The number of carbonyl (C=O) groups excluding carboxylic acids is 1. The lowest BCUT2D eigenvalue weighted by Crippen LogP contribution is -2.47. The maximum atomic E-state index is 13.2. The normalized spacial score (nSPS) is 17.7. The number of allylic oxidation sites excluding steroid dienone is 1. The number of amides is 1. The Morgan fingerprint density at radius 1 is 1.03 bits per heavy atom. The highest BCUT2D eigenvalue weighted by molar-refractivity contribution is 8.03. The third-order valence-electron chi connectivity index (χ3n) is 6.68. The molecule has 0 aliphatic carbocycles. The SMILES string of the molecule is Cc1ccc(N2CSC3=C(C#N)[C@@H](c4ccc(OCc5ccccc5)cc4)CC(=O)N3C2)cc1C. The number of thioether (sulfide) groups is 1. The van der Waals surface area contributed by atoms with Gasteiger partial charge in [0.25, 0.3) is 0 Å². The number of rotatable bonds is 5. The van der Waals surface area contributed by atoms with Gasteiger partial charge in [0.1, 0.15) is 12.4 Å². The van der Waals surface area contributed by atoms with E-state index in [9.17, 15) is 10.1 Å². The van der Waals surface area contributed by atoms with Gasteiger partial charge in [0.15, 0.2) is 0 Å². The fraction of sp³-hybridized carbons (Fsp3) is 0.241. The minimum Gasteiger partial charge on any atom is -0.489 e. The second kappa shape index (κ2) is 9.89. The lowest BCUT2D eigenvalue weighted by Gasteiger charge is -2.42. The number of benzene rings is 3. The van der Waals surface area contributed by atoms with Gasteiger partial charge in [-0.25, -0.2) is 0 Å². The number of hydrogen-bond donors (Lipinski definition) is 0. The Labute approximate surface area is 210 Å². The van der Waals surface area contributed by atoms with Crippen LogP contribution in [0.4, 0.5) is 5.69 Å². The lowest BCUT2D eigenvalue weighted by molar-refractivity contribution is -0.129. The van der Waals surface area contributed by atoms with Crippen LogP contribution >= 0.6 is 11.8 Å². The van der Waals surface area contributed by atoms with E-state index in [-0.39, 0.29) is 18.2 Å². The van der Waals surface area contributed by atoms with Crippen molar-refractivity contribution >= 4 is 23.4 Å². The van der Waals surface area contributed by atoms with Gasteiger partial charge in [0.05, 0.1) is 29.2 Å². The summed E-state index contributed by atoms with van der Waals surface area (Å²) >= 11 is 1.57. The first-order valence-electron chi connectivity index (χ1n) is 11.7. The third-order valence-corrected chi connectivity index (χ3v) is 7.83. The van der Waals surface area contributed by atoms with Crippen molar-refractivity contribution in [2.75, 3.05) is 17.4 Å². The molecule has 2 aliphatic rings. The van der Waals surface area contributed by atoms with Crippen molar-refractivity contribution in [3.8, 4) is 11.8 Å². The van der Waals surface area contributed by atoms with Crippen molar-refractivity contribution in [3.05, 3.63) is 106 Å². The molecule has 0 aromatic heterocycles. The van der Waals surface area contributed by atoms with Crippen LogP contribution in [0.3, 0.4) is 0 Å². The number of aryl methyl sites for hydroxylation is 2. The van der Waals surface area contributed by atoms with Gasteiger partial charge >= 0.3 is 0 Å². The highest BCUT2D eigenvalue weighted by Crippen LogP contribution is 2.43. The zero-order valence-electron chi connectivity index (χ0n) is 19.9. The minimum absolute atomic E-state index is 0.0504. The molecule has 5 rings (SSSR count). The maximum absolute atomic E-state index is 13.2. The van der Waals surface area contributed by atoms with Crippen LogP contribution in [0.15, 0.2) is 83.4 Å². The summed E-state index contributed by atoms with van der Waals surface area (Å²) in [5.41, 5.74) is 6.32. The Bertz CT molecular complexity index is 1310. The molecule has 2 heterocycles. The van der Waals surface area contributed by atoms with Gasteiger partial charge in [-0.2, -0.15) is 5.26 Å². The first-order chi connectivity index (χ1) is 17.0. The average Bonchev–Trinajstić information content (AvgIpc) is 2.90. The summed E-state index contributed by atoms with van der Waals surface area (Å²) in [7, 11) is 0. The molecular formula is C29H27N3O2S. The number of anilines is 1. The van der Waals surface area contributed by atoms with Crippen molar-refractivity contribution in [1.82, 2.24) is 4.90 Å². The van der Waals surface area contributed by atoms with Crippen LogP contribution in [0.25, 0.3) is 0 Å². The molecular weight excluding hydrogens is 454 g/mol. The first kappa shape index (κ1) is 23.1. The number of hydrogen-bond acceptors (Lipinski definition) is 5. The van der Waals surface area contributed by atoms with E-state index in [1.54, 1.807) is 16.7 Å². The van der Waals surface area contributed by atoms with Crippen LogP contribution in [-0.2, 0) is 11.4 Å². The summed E-state index contributed by atoms with van der Waals surface area (Å²) in [5.74, 6) is 1.28. The maximum Gasteiger partial charge on any atom is 0.229 e. The molecule has 1 amide bonds. The molecule has 3 aromatic carbocycles. The Kier molecular flexibility index (Phi) is 6.52. The monoisotopic (exact) mass is 481 g/mol. The second-order valence-corrected chi connectivity index (χ2v) is 9.91. The Morgan fingerprint density at radius 3 is 2.51 bits per heavy atom. The molecule has 3 aromatic rings. The fourth-order valence-electron chi connectivity index (χ4n) is 4.47. The van der Waals surface area contributed by atoms with Gasteiger partial charge in [-0.3, -0.25) is 9.69 Å². The molecule has 0 bridgehead atoms. The topological polar surface area (TPSA) is 56.6 Å². The van der Waals surface area contributed by atoms with Crippen LogP contribution in [0.1, 0.15) is 34.6 Å². The van der Waals surface area contributed by atoms with E-state index < -0.39 is 0 Å². The van der Waals surface area contributed by atoms with E-state index in [0.717, 1.165) is 27.6 Å². The average molecular weight is 482 g/mol. The molecule has 1 saturated heterocycles. The van der Waals surface area contributed by atoms with E-state index >= 15 is 0 Å². The highest BCUT2D eigenvalue weighted by atomic mass is 32.2. The number of carbonyl (C=O) groups is 1. The van der Waals surface area contributed by atoms with Crippen LogP contribution < -0.4 is 9.64 Å².